The molecule has 2 saturated carbocycles. The zero-order valence-corrected chi connectivity index (χ0v) is 24.1. The monoisotopic (exact) mass is 491 g/mol. The summed E-state index contributed by atoms with van der Waals surface area (Å²) < 4.78 is 18.7. The van der Waals surface area contributed by atoms with Gasteiger partial charge in [-0.15, -0.1) is 0 Å². The Balaban J connectivity index is 2.20. The van der Waals surface area contributed by atoms with E-state index in [1.165, 1.54) is 17.6 Å². The summed E-state index contributed by atoms with van der Waals surface area (Å²) in [5, 5.41) is 0.104. The molecule has 3 atom stereocenters. The van der Waals surface area contributed by atoms with E-state index in [9.17, 15) is 4.79 Å². The fraction of sp³-hybridized carbons (Fsp3) is 0.821. The molecule has 1 aliphatic heterocycles. The zero-order valence-electron chi connectivity index (χ0n) is 23.1. The predicted octanol–water partition coefficient (Wildman–Crippen LogP) is 6.46. The highest BCUT2D eigenvalue weighted by Gasteiger charge is 2.62. The lowest BCUT2D eigenvalue weighted by Gasteiger charge is -2.56. The summed E-state index contributed by atoms with van der Waals surface area (Å²) in [7, 11) is -2.11. The van der Waals surface area contributed by atoms with Crippen LogP contribution in [0.4, 0.5) is 0 Å². The summed E-state index contributed by atoms with van der Waals surface area (Å²) in [6.07, 6.45) is 5.69. The minimum absolute atomic E-state index is 0.0655. The van der Waals surface area contributed by atoms with E-state index in [0.29, 0.717) is 32.2 Å². The van der Waals surface area contributed by atoms with Crippen molar-refractivity contribution < 1.29 is 18.7 Å². The molecule has 194 valence electrons. The van der Waals surface area contributed by atoms with Gasteiger partial charge in [0.2, 0.25) is 0 Å². The third-order valence-corrected chi connectivity index (χ3v) is 13.7. The van der Waals surface area contributed by atoms with Crippen molar-refractivity contribution in [3.05, 3.63) is 23.4 Å². The van der Waals surface area contributed by atoms with Gasteiger partial charge in [-0.3, -0.25) is 4.79 Å². The summed E-state index contributed by atoms with van der Waals surface area (Å²) in [5.41, 5.74) is 3.46. The Morgan fingerprint density at radius 2 is 1.88 bits per heavy atom. The number of esters is 1. The fourth-order valence-corrected chi connectivity index (χ4v) is 7.64. The average molecular weight is 492 g/mol. The van der Waals surface area contributed by atoms with Gasteiger partial charge in [-0.1, -0.05) is 39.8 Å². The quantitative estimate of drug-likeness (QED) is 0.232. The van der Waals surface area contributed by atoms with Crippen molar-refractivity contribution in [1.82, 2.24) is 4.90 Å². The van der Waals surface area contributed by atoms with E-state index in [1.54, 1.807) is 0 Å². The number of ether oxygens (including phenoxy) is 2. The highest BCUT2D eigenvalue weighted by molar-refractivity contribution is 6.74. The Morgan fingerprint density at radius 1 is 1.24 bits per heavy atom. The number of hydrogen-bond donors (Lipinski definition) is 0. The second-order valence-electron chi connectivity index (χ2n) is 12.5. The van der Waals surface area contributed by atoms with Crippen LogP contribution in [0, 0.1) is 11.3 Å². The lowest BCUT2D eigenvalue weighted by molar-refractivity contribution is -0.142. The molecule has 1 heterocycles. The first kappa shape index (κ1) is 27.5. The Labute approximate surface area is 209 Å². The van der Waals surface area contributed by atoms with E-state index in [2.05, 4.69) is 59.2 Å². The molecule has 0 aromatic heterocycles. The van der Waals surface area contributed by atoms with Crippen LogP contribution in [0.1, 0.15) is 80.1 Å². The van der Waals surface area contributed by atoms with Crippen molar-refractivity contribution >= 4 is 14.3 Å². The second kappa shape index (κ2) is 10.1. The van der Waals surface area contributed by atoms with E-state index in [-0.39, 0.29) is 22.0 Å². The highest BCUT2D eigenvalue weighted by atomic mass is 28.4. The van der Waals surface area contributed by atoms with Crippen molar-refractivity contribution in [1.29, 1.82) is 0 Å². The summed E-state index contributed by atoms with van der Waals surface area (Å²) >= 11 is 0. The minimum atomic E-state index is -2.11. The van der Waals surface area contributed by atoms with E-state index < -0.39 is 8.32 Å². The van der Waals surface area contributed by atoms with Crippen molar-refractivity contribution in [2.24, 2.45) is 11.3 Å². The maximum absolute atomic E-state index is 12.9. The first-order valence-electron chi connectivity index (χ1n) is 13.3. The first-order chi connectivity index (χ1) is 15.8. The van der Waals surface area contributed by atoms with E-state index in [1.807, 2.05) is 6.92 Å². The van der Waals surface area contributed by atoms with Gasteiger partial charge < -0.3 is 18.8 Å². The van der Waals surface area contributed by atoms with Gasteiger partial charge in [0.15, 0.2) is 8.32 Å². The van der Waals surface area contributed by atoms with Gasteiger partial charge in [-0.25, -0.2) is 0 Å². The summed E-state index contributed by atoms with van der Waals surface area (Å²) in [6.45, 7) is 26.0. The lowest BCUT2D eigenvalue weighted by Crippen LogP contribution is -2.58. The van der Waals surface area contributed by atoms with Crippen LogP contribution in [-0.2, 0) is 18.7 Å². The van der Waals surface area contributed by atoms with Crippen LogP contribution in [0.25, 0.3) is 0 Å². The molecule has 0 aromatic rings. The smallest absolute Gasteiger partial charge is 0.311 e. The van der Waals surface area contributed by atoms with Crippen molar-refractivity contribution in [2.45, 2.75) is 104 Å². The molecule has 0 amide bonds. The number of nitrogens with zero attached hydrogens (tertiary/aromatic N) is 1. The molecule has 0 spiro atoms. The molecule has 34 heavy (non-hydrogen) atoms. The summed E-state index contributed by atoms with van der Waals surface area (Å²) in [5.74, 6) is 0.305. The molecule has 6 heteroatoms. The third kappa shape index (κ3) is 5.19. The van der Waals surface area contributed by atoms with Gasteiger partial charge in [-0.05, 0) is 81.0 Å². The molecule has 3 rings (SSSR count). The number of allylic oxidation sites excluding steroid dienone is 1. The van der Waals surface area contributed by atoms with Crippen LogP contribution in [0.2, 0.25) is 18.1 Å². The maximum atomic E-state index is 12.9. The van der Waals surface area contributed by atoms with Crippen LogP contribution in [0.15, 0.2) is 23.4 Å². The molecule has 0 unspecified atom stereocenters. The molecule has 3 aliphatic rings. The molecule has 0 N–H and O–H groups in total. The number of rotatable bonds is 7. The van der Waals surface area contributed by atoms with Gasteiger partial charge in [0.05, 0.1) is 31.8 Å². The number of fused-ring (bicyclic) bond motifs is 1. The Morgan fingerprint density at radius 3 is 2.44 bits per heavy atom. The fourth-order valence-electron chi connectivity index (χ4n) is 6.01. The standard InChI is InChI=1S/C28H49NO4Si/c1-10-32-25(30)19-24(29-15-17-31-18-16-29)23-12-14-27(7)13-11-22(21(2)3)20-28(23,27)33-34(8,9)26(4,5)6/h22H,2,10-20H2,1,3-9H3/b24-23+/t22-,27+,28+/m1/s1. The summed E-state index contributed by atoms with van der Waals surface area (Å²) in [4.78, 5) is 15.2. The molecular weight excluding hydrogens is 442 g/mol. The minimum Gasteiger partial charge on any atom is -0.466 e. The van der Waals surface area contributed by atoms with Crippen molar-refractivity contribution in [2.75, 3.05) is 32.9 Å². The number of hydrogen-bond acceptors (Lipinski definition) is 5. The molecule has 5 nitrogen and oxygen atoms in total. The number of carbonyl (C=O) groups excluding carboxylic acids is 1. The van der Waals surface area contributed by atoms with Crippen LogP contribution < -0.4 is 0 Å². The van der Waals surface area contributed by atoms with Gasteiger partial charge in [0, 0.05) is 18.8 Å². The topological polar surface area (TPSA) is 48.0 Å². The Bertz CT molecular complexity index is 808. The van der Waals surface area contributed by atoms with Crippen LogP contribution >= 0.6 is 0 Å². The maximum Gasteiger partial charge on any atom is 0.311 e. The van der Waals surface area contributed by atoms with Crippen molar-refractivity contribution in [3.63, 3.8) is 0 Å². The predicted molar refractivity (Wildman–Crippen MR) is 141 cm³/mol. The lowest BCUT2D eigenvalue weighted by atomic mass is 9.61. The molecule has 3 fully saturated rings. The summed E-state index contributed by atoms with van der Waals surface area (Å²) in [6, 6.07) is 0. The van der Waals surface area contributed by atoms with Crippen LogP contribution in [0.5, 0.6) is 0 Å². The average Bonchev–Trinajstić information content (AvgIpc) is 3.03. The highest BCUT2D eigenvalue weighted by Crippen LogP contribution is 2.64. The molecule has 0 aromatic carbocycles. The van der Waals surface area contributed by atoms with Gasteiger partial charge >= 0.3 is 5.97 Å². The first-order valence-corrected chi connectivity index (χ1v) is 16.2. The van der Waals surface area contributed by atoms with Gasteiger partial charge in [-0.2, -0.15) is 0 Å². The zero-order chi connectivity index (χ0) is 25.4. The van der Waals surface area contributed by atoms with E-state index >= 15 is 0 Å². The number of carbonyl (C=O) groups is 1. The third-order valence-electron chi connectivity index (χ3n) is 9.26. The molecule has 1 saturated heterocycles. The van der Waals surface area contributed by atoms with E-state index in [0.717, 1.165) is 44.5 Å². The number of morpholine rings is 1. The Kier molecular flexibility index (Phi) is 8.16. The Hall–Kier alpha value is -1.11. The van der Waals surface area contributed by atoms with E-state index in [4.69, 9.17) is 13.9 Å². The second-order valence-corrected chi connectivity index (χ2v) is 17.3. The molecule has 0 radical (unpaired) electrons. The molecule has 0 bridgehead atoms. The SMILES string of the molecule is C=C(C)[C@@H]1CC[C@@]2(C)CC/C(=C(/CC(=O)OCC)N3CCOCC3)[C@@]2(O[Si](C)(C)C(C)(C)C)C1. The van der Waals surface area contributed by atoms with Gasteiger partial charge in [0.25, 0.3) is 0 Å². The molecular formula is C28H49NO4Si. The van der Waals surface area contributed by atoms with Crippen molar-refractivity contribution in [3.8, 4) is 0 Å². The van der Waals surface area contributed by atoms with Crippen LogP contribution in [-0.4, -0.2) is 57.7 Å². The largest absolute Gasteiger partial charge is 0.466 e. The molecule has 2 aliphatic carbocycles. The van der Waals surface area contributed by atoms with Crippen LogP contribution in [0.3, 0.4) is 0 Å². The normalized spacial score (nSPS) is 31.8. The van der Waals surface area contributed by atoms with Gasteiger partial charge in [0.1, 0.15) is 0 Å².